The molecule has 24 heavy (non-hydrogen) atoms. The molecule has 0 aromatic heterocycles. The van der Waals surface area contributed by atoms with Crippen molar-refractivity contribution in [1.82, 2.24) is 10.2 Å². The zero-order valence-electron chi connectivity index (χ0n) is 14.7. The summed E-state index contributed by atoms with van der Waals surface area (Å²) in [5.74, 6) is -0.434. The molecular weight excluding hydrogens is 308 g/mol. The van der Waals surface area contributed by atoms with Gasteiger partial charge in [-0.25, -0.2) is 0 Å². The second-order valence-electron chi connectivity index (χ2n) is 5.44. The minimum atomic E-state index is -0.372. The molecule has 0 aliphatic carbocycles. The van der Waals surface area contributed by atoms with Gasteiger partial charge in [0.15, 0.2) is 0 Å². The molecule has 0 saturated heterocycles. The Morgan fingerprint density at radius 3 is 2.04 bits per heavy atom. The van der Waals surface area contributed by atoms with E-state index in [0.29, 0.717) is 24.5 Å². The number of nitrogens with zero attached hydrogens (tertiary/aromatic N) is 1. The minimum Gasteiger partial charge on any atom is -0.355 e. The van der Waals surface area contributed by atoms with E-state index in [4.69, 9.17) is 0 Å². The molecule has 0 unspecified atom stereocenters. The van der Waals surface area contributed by atoms with Crippen molar-refractivity contribution < 1.29 is 14.4 Å². The molecule has 7 nitrogen and oxygen atoms in total. The molecule has 3 amide bonds. The lowest BCUT2D eigenvalue weighted by Gasteiger charge is -2.26. The van der Waals surface area contributed by atoms with Crippen LogP contribution in [0.25, 0.3) is 0 Å². The summed E-state index contributed by atoms with van der Waals surface area (Å²) in [7, 11) is 0. The maximum Gasteiger partial charge on any atom is 0.238 e. The molecule has 0 saturated carbocycles. The van der Waals surface area contributed by atoms with Crippen LogP contribution in [0.3, 0.4) is 0 Å². The van der Waals surface area contributed by atoms with Gasteiger partial charge in [0.2, 0.25) is 17.7 Å². The van der Waals surface area contributed by atoms with E-state index >= 15 is 0 Å². The number of anilines is 2. The fourth-order valence-corrected chi connectivity index (χ4v) is 2.24. The summed E-state index contributed by atoms with van der Waals surface area (Å²) in [6.07, 6.45) is 0. The number of hydrogen-bond donors (Lipinski definition) is 3. The van der Waals surface area contributed by atoms with Gasteiger partial charge in [0.05, 0.1) is 12.6 Å². The molecule has 0 aliphatic heterocycles. The number of carbonyl (C=O) groups excluding carboxylic acids is 3. The molecule has 1 atom stereocenters. The second kappa shape index (κ2) is 9.67. The first-order valence-corrected chi connectivity index (χ1v) is 8.06. The highest BCUT2D eigenvalue weighted by Crippen LogP contribution is 2.13. The Morgan fingerprint density at radius 1 is 1.04 bits per heavy atom. The van der Waals surface area contributed by atoms with Crippen molar-refractivity contribution in [2.24, 2.45) is 0 Å². The maximum absolute atomic E-state index is 12.2. The first-order valence-electron chi connectivity index (χ1n) is 8.06. The molecule has 1 aromatic rings. The predicted octanol–water partition coefficient (Wildman–Crippen LogP) is 1.43. The van der Waals surface area contributed by atoms with E-state index in [2.05, 4.69) is 16.0 Å². The quantitative estimate of drug-likeness (QED) is 0.671. The SMILES string of the molecule is CCNC(=O)[C@@H](C)N(CC)CC(=O)Nc1ccc(NC(C)=O)cc1. The van der Waals surface area contributed by atoms with Crippen molar-refractivity contribution in [1.29, 1.82) is 0 Å². The van der Waals surface area contributed by atoms with Crippen LogP contribution in [0.4, 0.5) is 11.4 Å². The molecule has 0 spiro atoms. The summed E-state index contributed by atoms with van der Waals surface area (Å²) in [4.78, 5) is 36.8. The van der Waals surface area contributed by atoms with Gasteiger partial charge < -0.3 is 16.0 Å². The van der Waals surface area contributed by atoms with Gasteiger partial charge in [0, 0.05) is 24.8 Å². The molecular formula is C17H26N4O3. The van der Waals surface area contributed by atoms with Crippen molar-refractivity contribution in [3.05, 3.63) is 24.3 Å². The Hall–Kier alpha value is -2.41. The summed E-state index contributed by atoms with van der Waals surface area (Å²) >= 11 is 0. The third-order valence-corrected chi connectivity index (χ3v) is 3.52. The highest BCUT2D eigenvalue weighted by atomic mass is 16.2. The highest BCUT2D eigenvalue weighted by molar-refractivity contribution is 5.93. The van der Waals surface area contributed by atoms with Gasteiger partial charge in [0.25, 0.3) is 0 Å². The van der Waals surface area contributed by atoms with Gasteiger partial charge in [-0.2, -0.15) is 0 Å². The molecule has 0 aliphatic rings. The monoisotopic (exact) mass is 334 g/mol. The van der Waals surface area contributed by atoms with E-state index in [-0.39, 0.29) is 30.3 Å². The second-order valence-corrected chi connectivity index (χ2v) is 5.44. The maximum atomic E-state index is 12.2. The van der Waals surface area contributed by atoms with E-state index in [1.54, 1.807) is 36.1 Å². The fourth-order valence-electron chi connectivity index (χ4n) is 2.24. The summed E-state index contributed by atoms with van der Waals surface area (Å²) in [5.41, 5.74) is 1.30. The number of rotatable bonds is 8. The lowest BCUT2D eigenvalue weighted by Crippen LogP contribution is -2.47. The lowest BCUT2D eigenvalue weighted by atomic mass is 10.2. The smallest absolute Gasteiger partial charge is 0.238 e. The molecule has 0 bridgehead atoms. The first kappa shape index (κ1) is 19.6. The van der Waals surface area contributed by atoms with Crippen LogP contribution in [0.2, 0.25) is 0 Å². The summed E-state index contributed by atoms with van der Waals surface area (Å²) in [6.45, 7) is 8.27. The van der Waals surface area contributed by atoms with Crippen LogP contribution in [0.5, 0.6) is 0 Å². The van der Waals surface area contributed by atoms with E-state index in [0.717, 1.165) is 0 Å². The molecule has 132 valence electrons. The number of benzene rings is 1. The van der Waals surface area contributed by atoms with Crippen LogP contribution in [0, 0.1) is 0 Å². The molecule has 7 heteroatoms. The van der Waals surface area contributed by atoms with Gasteiger partial charge in [-0.3, -0.25) is 19.3 Å². The van der Waals surface area contributed by atoms with Gasteiger partial charge in [-0.05, 0) is 44.7 Å². The lowest BCUT2D eigenvalue weighted by molar-refractivity contribution is -0.127. The van der Waals surface area contributed by atoms with Crippen molar-refractivity contribution >= 4 is 29.1 Å². The highest BCUT2D eigenvalue weighted by Gasteiger charge is 2.21. The average molecular weight is 334 g/mol. The molecule has 0 fully saturated rings. The normalized spacial score (nSPS) is 11.7. The van der Waals surface area contributed by atoms with Gasteiger partial charge in [-0.15, -0.1) is 0 Å². The average Bonchev–Trinajstić information content (AvgIpc) is 2.53. The number of amides is 3. The molecule has 0 heterocycles. The number of likely N-dealkylation sites (N-methyl/N-ethyl adjacent to an activating group) is 2. The largest absolute Gasteiger partial charge is 0.355 e. The molecule has 3 N–H and O–H groups in total. The molecule has 1 aromatic carbocycles. The first-order chi connectivity index (χ1) is 11.4. The molecule has 1 rings (SSSR count). The molecule has 0 radical (unpaired) electrons. The van der Waals surface area contributed by atoms with E-state index < -0.39 is 0 Å². The van der Waals surface area contributed by atoms with E-state index in [9.17, 15) is 14.4 Å². The Bertz CT molecular complexity index is 572. The number of hydrogen-bond acceptors (Lipinski definition) is 4. The van der Waals surface area contributed by atoms with Gasteiger partial charge >= 0.3 is 0 Å². The topological polar surface area (TPSA) is 90.5 Å². The van der Waals surface area contributed by atoms with Crippen LogP contribution in [-0.2, 0) is 14.4 Å². The summed E-state index contributed by atoms with van der Waals surface area (Å²) < 4.78 is 0. The van der Waals surface area contributed by atoms with Crippen molar-refractivity contribution in [3.63, 3.8) is 0 Å². The van der Waals surface area contributed by atoms with Crippen LogP contribution < -0.4 is 16.0 Å². The Labute approximate surface area is 142 Å². The predicted molar refractivity (Wildman–Crippen MR) is 94.8 cm³/mol. The summed E-state index contributed by atoms with van der Waals surface area (Å²) in [6, 6.07) is 6.49. The fraction of sp³-hybridized carbons (Fsp3) is 0.471. The van der Waals surface area contributed by atoms with E-state index in [1.807, 2.05) is 13.8 Å². The zero-order chi connectivity index (χ0) is 18.1. The Morgan fingerprint density at radius 2 is 1.58 bits per heavy atom. The van der Waals surface area contributed by atoms with Crippen molar-refractivity contribution in [3.8, 4) is 0 Å². The minimum absolute atomic E-state index is 0.0909. The van der Waals surface area contributed by atoms with Gasteiger partial charge in [0.1, 0.15) is 0 Å². The zero-order valence-corrected chi connectivity index (χ0v) is 14.7. The van der Waals surface area contributed by atoms with Crippen molar-refractivity contribution in [2.75, 3.05) is 30.3 Å². The van der Waals surface area contributed by atoms with E-state index in [1.165, 1.54) is 6.92 Å². The van der Waals surface area contributed by atoms with Crippen molar-refractivity contribution in [2.45, 2.75) is 33.7 Å². The number of nitrogens with one attached hydrogen (secondary N) is 3. The van der Waals surface area contributed by atoms with Crippen LogP contribution in [0.1, 0.15) is 27.7 Å². The third kappa shape index (κ3) is 6.37. The summed E-state index contributed by atoms with van der Waals surface area (Å²) in [5, 5.41) is 8.21. The Balaban J connectivity index is 2.60. The van der Waals surface area contributed by atoms with Crippen LogP contribution in [-0.4, -0.2) is 48.3 Å². The van der Waals surface area contributed by atoms with Crippen LogP contribution >= 0.6 is 0 Å². The third-order valence-electron chi connectivity index (χ3n) is 3.52. The standard InChI is InChI=1S/C17H26N4O3/c1-5-18-17(24)12(3)21(6-2)11-16(23)20-15-9-7-14(8-10-15)19-13(4)22/h7-10,12H,5-6,11H2,1-4H3,(H,18,24)(H,19,22)(H,20,23)/t12-/m1/s1. The number of carbonyl (C=O) groups is 3. The van der Waals surface area contributed by atoms with Gasteiger partial charge in [-0.1, -0.05) is 6.92 Å². The van der Waals surface area contributed by atoms with Crippen LogP contribution in [0.15, 0.2) is 24.3 Å². The Kier molecular flexibility index (Phi) is 7.91.